The van der Waals surface area contributed by atoms with Crippen molar-refractivity contribution in [1.82, 2.24) is 4.90 Å². The van der Waals surface area contributed by atoms with Crippen molar-refractivity contribution in [3.8, 4) is 11.5 Å². The maximum atomic E-state index is 12.3. The van der Waals surface area contributed by atoms with Gasteiger partial charge >= 0.3 is 12.3 Å². The topological polar surface area (TPSA) is 68.3 Å². The second-order valence-corrected chi connectivity index (χ2v) is 7.12. The van der Waals surface area contributed by atoms with Crippen molar-refractivity contribution < 1.29 is 37.0 Å². The van der Waals surface area contributed by atoms with Gasteiger partial charge in [-0.05, 0) is 48.0 Å². The number of hydrogen-bond donors (Lipinski definition) is 0. The minimum absolute atomic E-state index is 0.292. The molecule has 3 rings (SSSR count). The summed E-state index contributed by atoms with van der Waals surface area (Å²) in [7, 11) is 1.61. The maximum Gasteiger partial charge on any atom is 0.573 e. The molecule has 1 aliphatic heterocycles. The van der Waals surface area contributed by atoms with Gasteiger partial charge in [0.25, 0.3) is 5.91 Å². The van der Waals surface area contributed by atoms with E-state index in [1.165, 1.54) is 18.2 Å². The summed E-state index contributed by atoms with van der Waals surface area (Å²) in [6.07, 6.45) is -2.29. The van der Waals surface area contributed by atoms with Crippen molar-refractivity contribution in [2.24, 2.45) is 0 Å². The summed E-state index contributed by atoms with van der Waals surface area (Å²) in [5, 5.41) is 0. The molecule has 33 heavy (non-hydrogen) atoms. The third-order valence-electron chi connectivity index (χ3n) is 4.93. The zero-order chi connectivity index (χ0) is 23.8. The van der Waals surface area contributed by atoms with Crippen LogP contribution in [0.15, 0.2) is 54.6 Å². The lowest BCUT2D eigenvalue weighted by molar-refractivity contribution is -0.274. The molecule has 1 aliphatic rings. The fourth-order valence-corrected chi connectivity index (χ4v) is 3.22. The van der Waals surface area contributed by atoms with Gasteiger partial charge in [0.05, 0.1) is 7.11 Å². The van der Waals surface area contributed by atoms with Gasteiger partial charge in [0, 0.05) is 37.9 Å². The third-order valence-corrected chi connectivity index (χ3v) is 4.93. The van der Waals surface area contributed by atoms with Gasteiger partial charge in [-0.1, -0.05) is 12.1 Å². The average molecular weight is 464 g/mol. The Bertz CT molecular complexity index is 967. The third kappa shape index (κ3) is 7.44. The van der Waals surface area contributed by atoms with Crippen LogP contribution in [0.2, 0.25) is 0 Å². The molecular weight excluding hydrogens is 441 g/mol. The number of halogens is 3. The van der Waals surface area contributed by atoms with Gasteiger partial charge in [-0.25, -0.2) is 4.79 Å². The van der Waals surface area contributed by atoms with Crippen LogP contribution >= 0.6 is 0 Å². The first kappa shape index (κ1) is 24.0. The number of carbonyl (C=O) groups is 2. The number of benzene rings is 2. The number of ether oxygens (including phenoxy) is 3. The highest BCUT2D eigenvalue weighted by atomic mass is 19.4. The lowest BCUT2D eigenvalue weighted by Gasteiger charge is -2.36. The molecule has 0 atom stereocenters. The Morgan fingerprint density at radius 2 is 1.55 bits per heavy atom. The van der Waals surface area contributed by atoms with Crippen LogP contribution in [0.5, 0.6) is 11.5 Å². The summed E-state index contributed by atoms with van der Waals surface area (Å²) < 4.78 is 50.4. The fourth-order valence-electron chi connectivity index (χ4n) is 3.22. The van der Waals surface area contributed by atoms with Crippen LogP contribution in [0.3, 0.4) is 0 Å². The molecule has 0 aliphatic carbocycles. The lowest BCUT2D eigenvalue weighted by atomic mass is 10.2. The highest BCUT2D eigenvalue weighted by Crippen LogP contribution is 2.23. The molecule has 0 bridgehead atoms. The van der Waals surface area contributed by atoms with Gasteiger partial charge in [-0.15, -0.1) is 13.2 Å². The quantitative estimate of drug-likeness (QED) is 0.462. The molecule has 1 heterocycles. The van der Waals surface area contributed by atoms with E-state index in [1.807, 2.05) is 24.3 Å². The molecule has 0 unspecified atom stereocenters. The smallest absolute Gasteiger partial charge is 0.497 e. The van der Waals surface area contributed by atoms with Crippen LogP contribution in [0.25, 0.3) is 6.08 Å². The molecule has 0 N–H and O–H groups in total. The molecule has 1 fully saturated rings. The molecule has 0 spiro atoms. The maximum absolute atomic E-state index is 12.3. The summed E-state index contributed by atoms with van der Waals surface area (Å²) in [5.74, 6) is -0.605. The number of esters is 1. The summed E-state index contributed by atoms with van der Waals surface area (Å²) >= 11 is 0. The highest BCUT2D eigenvalue weighted by Gasteiger charge is 2.30. The van der Waals surface area contributed by atoms with Gasteiger partial charge in [-0.3, -0.25) is 4.79 Å². The number of methoxy groups -OCH3 is 1. The van der Waals surface area contributed by atoms with E-state index >= 15 is 0 Å². The number of anilines is 1. The van der Waals surface area contributed by atoms with E-state index in [9.17, 15) is 22.8 Å². The van der Waals surface area contributed by atoms with E-state index in [4.69, 9.17) is 9.47 Å². The van der Waals surface area contributed by atoms with E-state index in [-0.39, 0.29) is 18.3 Å². The molecule has 176 valence electrons. The number of hydrogen-bond acceptors (Lipinski definition) is 6. The molecule has 0 saturated carbocycles. The van der Waals surface area contributed by atoms with Gasteiger partial charge < -0.3 is 24.0 Å². The van der Waals surface area contributed by atoms with Crippen LogP contribution < -0.4 is 14.4 Å². The second kappa shape index (κ2) is 10.8. The number of rotatable bonds is 7. The van der Waals surface area contributed by atoms with Crippen LogP contribution in [0.1, 0.15) is 5.56 Å². The minimum Gasteiger partial charge on any atom is -0.497 e. The first-order valence-corrected chi connectivity index (χ1v) is 10.1. The lowest BCUT2D eigenvalue weighted by Crippen LogP contribution is -2.49. The van der Waals surface area contributed by atoms with Crippen molar-refractivity contribution >= 4 is 23.6 Å². The number of nitrogens with zero attached hydrogens (tertiary/aromatic N) is 2. The number of piperazine rings is 1. The predicted octanol–water partition coefficient (Wildman–Crippen LogP) is 3.50. The SMILES string of the molecule is COc1ccc(N2CCN(C(=O)COC(=O)/C=C/c3ccc(OC(F)(F)F)cc3)CC2)cc1. The van der Waals surface area contributed by atoms with Gasteiger partial charge in [0.15, 0.2) is 6.61 Å². The Kier molecular flexibility index (Phi) is 7.81. The monoisotopic (exact) mass is 464 g/mol. The van der Waals surface area contributed by atoms with Crippen LogP contribution in [0, 0.1) is 0 Å². The van der Waals surface area contributed by atoms with Crippen LogP contribution in [-0.4, -0.2) is 63.0 Å². The van der Waals surface area contributed by atoms with E-state index in [0.29, 0.717) is 31.7 Å². The van der Waals surface area contributed by atoms with Crippen LogP contribution in [-0.2, 0) is 14.3 Å². The first-order chi connectivity index (χ1) is 15.7. The Hall–Kier alpha value is -3.69. The standard InChI is InChI=1S/C23H23F3N2O5/c1-31-19-9-5-18(6-10-19)27-12-14-28(15-13-27)21(29)16-32-22(30)11-4-17-2-7-20(8-3-17)33-23(24,25)26/h2-11H,12-16H2,1H3/b11-4+. The van der Waals surface area contributed by atoms with E-state index in [1.54, 1.807) is 12.0 Å². The van der Waals surface area contributed by atoms with Crippen molar-refractivity contribution in [2.75, 3.05) is 44.8 Å². The predicted molar refractivity (Wildman–Crippen MR) is 115 cm³/mol. The van der Waals surface area contributed by atoms with Gasteiger partial charge in [0.1, 0.15) is 11.5 Å². The summed E-state index contributed by atoms with van der Waals surface area (Å²) in [5.41, 5.74) is 1.51. The summed E-state index contributed by atoms with van der Waals surface area (Å²) in [4.78, 5) is 28.0. The van der Waals surface area contributed by atoms with Crippen molar-refractivity contribution in [1.29, 1.82) is 0 Å². The average Bonchev–Trinajstić information content (AvgIpc) is 2.81. The highest BCUT2D eigenvalue weighted by molar-refractivity contribution is 5.89. The Balaban J connectivity index is 1.41. The fraction of sp³-hybridized carbons (Fsp3) is 0.304. The zero-order valence-electron chi connectivity index (χ0n) is 17.9. The van der Waals surface area contributed by atoms with Crippen molar-refractivity contribution in [3.05, 3.63) is 60.2 Å². The molecule has 2 aromatic rings. The zero-order valence-corrected chi connectivity index (χ0v) is 17.9. The second-order valence-electron chi connectivity index (χ2n) is 7.12. The van der Waals surface area contributed by atoms with Crippen LogP contribution in [0.4, 0.5) is 18.9 Å². The summed E-state index contributed by atoms with van der Waals surface area (Å²) in [6, 6.07) is 12.7. The molecular formula is C23H23F3N2O5. The Labute approximate surface area is 188 Å². The van der Waals surface area contributed by atoms with E-state index in [2.05, 4.69) is 9.64 Å². The molecule has 7 nitrogen and oxygen atoms in total. The Morgan fingerprint density at radius 1 is 0.939 bits per heavy atom. The number of alkyl halides is 3. The Morgan fingerprint density at radius 3 is 2.12 bits per heavy atom. The minimum atomic E-state index is -4.77. The van der Waals surface area contributed by atoms with Crippen molar-refractivity contribution in [3.63, 3.8) is 0 Å². The van der Waals surface area contributed by atoms with Crippen molar-refractivity contribution in [2.45, 2.75) is 6.36 Å². The molecule has 0 radical (unpaired) electrons. The van der Waals surface area contributed by atoms with E-state index < -0.39 is 12.3 Å². The number of amides is 1. The molecule has 1 saturated heterocycles. The normalized spacial score (nSPS) is 14.3. The largest absolute Gasteiger partial charge is 0.573 e. The first-order valence-electron chi connectivity index (χ1n) is 10.1. The van der Waals surface area contributed by atoms with E-state index in [0.717, 1.165) is 29.6 Å². The molecule has 10 heteroatoms. The van der Waals surface area contributed by atoms with Gasteiger partial charge in [0.2, 0.25) is 0 Å². The molecule has 0 aromatic heterocycles. The molecule has 2 aromatic carbocycles. The number of carbonyl (C=O) groups excluding carboxylic acids is 2. The summed E-state index contributed by atoms with van der Waals surface area (Å²) in [6.45, 7) is 1.93. The molecule has 1 amide bonds. The van der Waals surface area contributed by atoms with Gasteiger partial charge in [-0.2, -0.15) is 0 Å².